The van der Waals surface area contributed by atoms with Crippen LogP contribution >= 0.6 is 23.4 Å². The summed E-state index contributed by atoms with van der Waals surface area (Å²) in [6.07, 6.45) is 3.69. The van der Waals surface area contributed by atoms with Crippen LogP contribution in [0.4, 0.5) is 5.69 Å². The van der Waals surface area contributed by atoms with Gasteiger partial charge in [-0.05, 0) is 79.4 Å². The number of methoxy groups -OCH3 is 1. The van der Waals surface area contributed by atoms with E-state index < -0.39 is 0 Å². The average molecular weight is 681 g/mol. The summed E-state index contributed by atoms with van der Waals surface area (Å²) in [6.45, 7) is 1.70. The number of benzene rings is 3. The normalized spacial score (nSPS) is 20.6. The number of hydrogen-bond donors (Lipinski definition) is 1. The number of nitrogens with zero attached hydrogens (tertiary/aromatic N) is 1. The van der Waals surface area contributed by atoms with E-state index in [1.165, 1.54) is 5.56 Å². The summed E-state index contributed by atoms with van der Waals surface area (Å²) < 4.78 is 22.1. The van der Waals surface area contributed by atoms with Crippen LogP contribution < -0.4 is 10.1 Å². The molecule has 2 saturated heterocycles. The van der Waals surface area contributed by atoms with Crippen molar-refractivity contribution in [3.8, 4) is 5.75 Å². The highest BCUT2D eigenvalue weighted by Crippen LogP contribution is 2.46. The standard InChI is InChI=1S/C37H45ClN2O6S/c1-40-31-13-16-34(40)36(33(23-31)28-7-9-29(38)10-8-28)37(42)46-18-17-26-3-11-30(12-4-26)39-35(41)24-45-20-19-44-21-22-47-25-27-5-14-32(43-2)15-6-27/h3-12,14-15,31,33-34,36H,13,16-25H2,1-2H3,(H,39,41)/t31-,33?,34?,36?/m1/s1. The van der Waals surface area contributed by atoms with Gasteiger partial charge in [-0.2, -0.15) is 11.8 Å². The monoisotopic (exact) mass is 680 g/mol. The van der Waals surface area contributed by atoms with E-state index in [0.29, 0.717) is 49.6 Å². The van der Waals surface area contributed by atoms with Gasteiger partial charge in [-0.25, -0.2) is 0 Å². The van der Waals surface area contributed by atoms with Crippen LogP contribution in [-0.2, 0) is 36.0 Å². The van der Waals surface area contributed by atoms with E-state index in [4.69, 9.17) is 30.5 Å². The minimum Gasteiger partial charge on any atom is -0.497 e. The molecule has 47 heavy (non-hydrogen) atoms. The highest BCUT2D eigenvalue weighted by molar-refractivity contribution is 7.98. The van der Waals surface area contributed by atoms with Gasteiger partial charge in [0.05, 0.1) is 39.5 Å². The van der Waals surface area contributed by atoms with Gasteiger partial charge in [-0.15, -0.1) is 0 Å². The Balaban J connectivity index is 0.951. The molecule has 1 amide bonds. The number of hydrogen-bond acceptors (Lipinski definition) is 8. The van der Waals surface area contributed by atoms with E-state index in [2.05, 4.69) is 29.4 Å². The summed E-state index contributed by atoms with van der Waals surface area (Å²) in [5.74, 6) is 2.26. The maximum absolute atomic E-state index is 13.5. The first-order valence-electron chi connectivity index (χ1n) is 16.3. The lowest BCUT2D eigenvalue weighted by Gasteiger charge is -2.42. The average Bonchev–Trinajstić information content (AvgIpc) is 3.30. The van der Waals surface area contributed by atoms with Gasteiger partial charge >= 0.3 is 5.97 Å². The number of amides is 1. The van der Waals surface area contributed by atoms with E-state index >= 15 is 0 Å². The molecule has 2 aliphatic rings. The van der Waals surface area contributed by atoms with E-state index in [1.807, 2.05) is 60.7 Å². The van der Waals surface area contributed by atoms with Crippen LogP contribution in [-0.4, -0.2) is 81.8 Å². The van der Waals surface area contributed by atoms with Gasteiger partial charge in [0.15, 0.2) is 0 Å². The first kappa shape index (κ1) is 35.2. The molecule has 3 unspecified atom stereocenters. The Bertz CT molecular complexity index is 1420. The van der Waals surface area contributed by atoms with Gasteiger partial charge < -0.3 is 24.3 Å². The topological polar surface area (TPSA) is 86.3 Å². The van der Waals surface area contributed by atoms with E-state index in [0.717, 1.165) is 47.6 Å². The molecule has 3 aromatic carbocycles. The third kappa shape index (κ3) is 10.2. The molecule has 2 heterocycles. The molecule has 1 N–H and O–H groups in total. The van der Waals surface area contributed by atoms with Gasteiger partial charge in [0.1, 0.15) is 12.4 Å². The van der Waals surface area contributed by atoms with Crippen LogP contribution in [0.15, 0.2) is 72.8 Å². The number of rotatable bonds is 17. The van der Waals surface area contributed by atoms with Crippen molar-refractivity contribution in [3.05, 3.63) is 94.5 Å². The number of carbonyl (C=O) groups excluding carboxylic acids is 2. The number of esters is 1. The first-order chi connectivity index (χ1) is 22.9. The zero-order valence-electron chi connectivity index (χ0n) is 27.2. The van der Waals surface area contributed by atoms with Crippen molar-refractivity contribution in [2.45, 2.75) is 49.4 Å². The van der Waals surface area contributed by atoms with Crippen molar-refractivity contribution >= 4 is 40.9 Å². The van der Waals surface area contributed by atoms with Gasteiger partial charge in [-0.3, -0.25) is 14.5 Å². The molecule has 252 valence electrons. The Morgan fingerprint density at radius 2 is 1.62 bits per heavy atom. The third-order valence-corrected chi connectivity index (χ3v) is 10.4. The first-order valence-corrected chi connectivity index (χ1v) is 17.8. The molecule has 5 rings (SSSR count). The second kappa shape index (κ2) is 17.9. The number of carbonyl (C=O) groups is 2. The zero-order chi connectivity index (χ0) is 33.0. The molecule has 2 bridgehead atoms. The molecule has 10 heteroatoms. The van der Waals surface area contributed by atoms with Crippen LogP contribution in [0.25, 0.3) is 0 Å². The highest BCUT2D eigenvalue weighted by atomic mass is 35.5. The van der Waals surface area contributed by atoms with Crippen LogP contribution in [0.5, 0.6) is 5.75 Å². The van der Waals surface area contributed by atoms with Crippen molar-refractivity contribution < 1.29 is 28.5 Å². The molecular formula is C37H45ClN2O6S. The SMILES string of the molecule is COc1ccc(CSCCOCCOCC(=O)Nc2ccc(CCOC(=O)C3C(c4ccc(Cl)cc4)C[C@H]4CCC3N4C)cc2)cc1. The number of ether oxygens (including phenoxy) is 4. The molecule has 0 spiro atoms. The molecule has 0 radical (unpaired) electrons. The molecule has 3 aromatic rings. The van der Waals surface area contributed by atoms with E-state index in [9.17, 15) is 9.59 Å². The zero-order valence-corrected chi connectivity index (χ0v) is 28.8. The van der Waals surface area contributed by atoms with Gasteiger partial charge in [0.25, 0.3) is 0 Å². The number of thioether (sulfide) groups is 1. The van der Waals surface area contributed by atoms with Crippen molar-refractivity contribution in [1.29, 1.82) is 0 Å². The molecule has 2 fully saturated rings. The predicted molar refractivity (Wildman–Crippen MR) is 187 cm³/mol. The second-order valence-electron chi connectivity index (χ2n) is 12.1. The van der Waals surface area contributed by atoms with Gasteiger partial charge in [0, 0.05) is 46.6 Å². The number of nitrogens with one attached hydrogen (secondary N) is 1. The summed E-state index contributed by atoms with van der Waals surface area (Å²) >= 11 is 7.94. The molecule has 2 aliphatic heterocycles. The lowest BCUT2D eigenvalue weighted by Crippen LogP contribution is -2.49. The molecular weight excluding hydrogens is 636 g/mol. The Morgan fingerprint density at radius 1 is 0.894 bits per heavy atom. The fourth-order valence-electron chi connectivity index (χ4n) is 6.57. The minimum absolute atomic E-state index is 0.0393. The summed E-state index contributed by atoms with van der Waals surface area (Å²) in [5.41, 5.74) is 4.13. The van der Waals surface area contributed by atoms with Crippen molar-refractivity contribution in [1.82, 2.24) is 4.90 Å². The summed E-state index contributed by atoms with van der Waals surface area (Å²) in [5, 5.41) is 3.56. The lowest BCUT2D eigenvalue weighted by molar-refractivity contribution is -0.153. The summed E-state index contributed by atoms with van der Waals surface area (Å²) in [4.78, 5) is 28.1. The third-order valence-electron chi connectivity index (χ3n) is 9.12. The Hall–Kier alpha value is -3.08. The Kier molecular flexibility index (Phi) is 13.4. The number of fused-ring (bicyclic) bond motifs is 2. The number of anilines is 1. The van der Waals surface area contributed by atoms with Gasteiger partial charge in [-0.1, -0.05) is 48.0 Å². The Labute approximate surface area is 287 Å². The molecule has 0 aromatic heterocycles. The van der Waals surface area contributed by atoms with Crippen LogP contribution in [0.1, 0.15) is 41.9 Å². The van der Waals surface area contributed by atoms with Crippen molar-refractivity contribution in [3.63, 3.8) is 0 Å². The van der Waals surface area contributed by atoms with E-state index in [-0.39, 0.29) is 36.4 Å². The van der Waals surface area contributed by atoms with Crippen LogP contribution in [0.2, 0.25) is 5.02 Å². The number of piperidine rings is 1. The van der Waals surface area contributed by atoms with Crippen molar-refractivity contribution in [2.75, 3.05) is 58.3 Å². The second-order valence-corrected chi connectivity index (χ2v) is 13.7. The smallest absolute Gasteiger partial charge is 0.311 e. The van der Waals surface area contributed by atoms with Crippen LogP contribution in [0.3, 0.4) is 0 Å². The molecule has 4 atom stereocenters. The fraction of sp³-hybridized carbons (Fsp3) is 0.459. The molecule has 8 nitrogen and oxygen atoms in total. The Morgan fingerprint density at radius 3 is 2.36 bits per heavy atom. The largest absolute Gasteiger partial charge is 0.497 e. The van der Waals surface area contributed by atoms with Crippen molar-refractivity contribution in [2.24, 2.45) is 5.92 Å². The fourth-order valence-corrected chi connectivity index (χ4v) is 7.51. The lowest BCUT2D eigenvalue weighted by atomic mass is 9.76. The summed E-state index contributed by atoms with van der Waals surface area (Å²) in [6, 6.07) is 24.3. The highest BCUT2D eigenvalue weighted by Gasteiger charge is 2.49. The van der Waals surface area contributed by atoms with Gasteiger partial charge in [0.2, 0.25) is 5.91 Å². The maximum Gasteiger partial charge on any atom is 0.311 e. The predicted octanol–water partition coefficient (Wildman–Crippen LogP) is 6.61. The maximum atomic E-state index is 13.5. The van der Waals surface area contributed by atoms with Crippen LogP contribution in [0, 0.1) is 5.92 Å². The van der Waals surface area contributed by atoms with E-state index in [1.54, 1.807) is 18.9 Å². The number of halogens is 1. The molecule has 0 saturated carbocycles. The summed E-state index contributed by atoms with van der Waals surface area (Å²) in [7, 11) is 3.80. The quantitative estimate of drug-likeness (QED) is 0.126. The minimum atomic E-state index is -0.219. The molecule has 0 aliphatic carbocycles.